The van der Waals surface area contributed by atoms with Gasteiger partial charge in [0.15, 0.2) is 0 Å². The zero-order valence-corrected chi connectivity index (χ0v) is 10.7. The van der Waals surface area contributed by atoms with E-state index in [-0.39, 0.29) is 18.0 Å². The summed E-state index contributed by atoms with van der Waals surface area (Å²) in [5.74, 6) is 0.0649. The predicted octanol–water partition coefficient (Wildman–Crippen LogP) is 3.33. The Morgan fingerprint density at radius 1 is 1.25 bits per heavy atom. The number of aliphatic hydroxyl groups is 1. The number of halogens is 1. The molecule has 0 spiro atoms. The third-order valence-corrected chi connectivity index (χ3v) is 2.71. The number of nitro benzene ring substituents is 1. The van der Waals surface area contributed by atoms with Gasteiger partial charge in [0, 0.05) is 17.7 Å². The number of aryl methyl sites for hydroxylation is 1. The molecule has 2 aromatic rings. The van der Waals surface area contributed by atoms with E-state index in [1.807, 2.05) is 0 Å². The van der Waals surface area contributed by atoms with Gasteiger partial charge in [-0.2, -0.15) is 0 Å². The molecule has 0 heterocycles. The fourth-order valence-electron chi connectivity index (χ4n) is 1.80. The average Bonchev–Trinajstić information content (AvgIpc) is 2.37. The zero-order chi connectivity index (χ0) is 14.7. The van der Waals surface area contributed by atoms with Gasteiger partial charge in [0.2, 0.25) is 0 Å². The van der Waals surface area contributed by atoms with Crippen LogP contribution >= 0.6 is 0 Å². The molecule has 0 unspecified atom stereocenters. The standard InChI is InChI=1S/C14H12FNO4/c1-9-4-12(2-3-14(9)16(18)19)20-13-6-10(8-17)5-11(15)7-13/h2-7,17H,8H2,1H3. The Labute approximate surface area is 114 Å². The fraction of sp³-hybridized carbons (Fsp3) is 0.143. The molecule has 0 radical (unpaired) electrons. The van der Waals surface area contributed by atoms with Crippen LogP contribution in [0.4, 0.5) is 10.1 Å². The van der Waals surface area contributed by atoms with Crippen molar-refractivity contribution in [3.63, 3.8) is 0 Å². The van der Waals surface area contributed by atoms with Crippen molar-refractivity contribution in [1.82, 2.24) is 0 Å². The SMILES string of the molecule is Cc1cc(Oc2cc(F)cc(CO)c2)ccc1[N+](=O)[O-]. The molecule has 0 fully saturated rings. The third-order valence-electron chi connectivity index (χ3n) is 2.71. The topological polar surface area (TPSA) is 72.6 Å². The van der Waals surface area contributed by atoms with Crippen LogP contribution in [0.3, 0.4) is 0 Å². The highest BCUT2D eigenvalue weighted by Crippen LogP contribution is 2.28. The number of aliphatic hydroxyl groups excluding tert-OH is 1. The molecule has 0 aromatic heterocycles. The van der Waals surface area contributed by atoms with Crippen LogP contribution in [-0.2, 0) is 6.61 Å². The Morgan fingerprint density at radius 2 is 2.00 bits per heavy atom. The molecule has 5 nitrogen and oxygen atoms in total. The van der Waals surface area contributed by atoms with Gasteiger partial charge in [-0.1, -0.05) is 0 Å². The molecule has 0 saturated carbocycles. The maximum absolute atomic E-state index is 13.3. The van der Waals surface area contributed by atoms with Gasteiger partial charge in [-0.3, -0.25) is 10.1 Å². The van der Waals surface area contributed by atoms with Crippen molar-refractivity contribution >= 4 is 5.69 Å². The van der Waals surface area contributed by atoms with E-state index in [1.165, 1.54) is 36.4 Å². The number of hydrogen-bond acceptors (Lipinski definition) is 4. The highest BCUT2D eigenvalue weighted by atomic mass is 19.1. The van der Waals surface area contributed by atoms with Crippen molar-refractivity contribution < 1.29 is 19.2 Å². The van der Waals surface area contributed by atoms with Crippen molar-refractivity contribution in [3.05, 3.63) is 63.5 Å². The fourth-order valence-corrected chi connectivity index (χ4v) is 1.80. The van der Waals surface area contributed by atoms with Gasteiger partial charge >= 0.3 is 0 Å². The minimum absolute atomic E-state index is 0.00682. The normalized spacial score (nSPS) is 10.3. The van der Waals surface area contributed by atoms with Crippen molar-refractivity contribution in [2.45, 2.75) is 13.5 Å². The third kappa shape index (κ3) is 3.10. The molecule has 6 heteroatoms. The molecule has 0 amide bonds. The van der Waals surface area contributed by atoms with Crippen LogP contribution < -0.4 is 4.74 Å². The van der Waals surface area contributed by atoms with Crippen LogP contribution in [0.2, 0.25) is 0 Å². The average molecular weight is 277 g/mol. The van der Waals surface area contributed by atoms with E-state index in [0.717, 1.165) is 0 Å². The number of ether oxygens (including phenoxy) is 1. The van der Waals surface area contributed by atoms with Crippen LogP contribution in [0.5, 0.6) is 11.5 Å². The second kappa shape index (κ2) is 5.66. The van der Waals surface area contributed by atoms with E-state index >= 15 is 0 Å². The summed E-state index contributed by atoms with van der Waals surface area (Å²) in [5, 5.41) is 19.7. The second-order valence-corrected chi connectivity index (χ2v) is 4.26. The van der Waals surface area contributed by atoms with Crippen LogP contribution in [0.15, 0.2) is 36.4 Å². The zero-order valence-electron chi connectivity index (χ0n) is 10.7. The number of benzene rings is 2. The minimum Gasteiger partial charge on any atom is -0.457 e. The summed E-state index contributed by atoms with van der Waals surface area (Å²) in [6.45, 7) is 1.29. The smallest absolute Gasteiger partial charge is 0.272 e. The van der Waals surface area contributed by atoms with Crippen molar-refractivity contribution in [1.29, 1.82) is 0 Å². The number of nitrogens with zero attached hydrogens (tertiary/aromatic N) is 1. The maximum atomic E-state index is 13.3. The Balaban J connectivity index is 2.28. The Morgan fingerprint density at radius 3 is 2.60 bits per heavy atom. The first-order chi connectivity index (χ1) is 9.49. The molecule has 1 N–H and O–H groups in total. The predicted molar refractivity (Wildman–Crippen MR) is 70.2 cm³/mol. The Hall–Kier alpha value is -2.47. The number of nitro groups is 1. The van der Waals surface area contributed by atoms with E-state index in [1.54, 1.807) is 6.92 Å². The molecular weight excluding hydrogens is 265 g/mol. The lowest BCUT2D eigenvalue weighted by molar-refractivity contribution is -0.385. The van der Waals surface area contributed by atoms with E-state index in [9.17, 15) is 14.5 Å². The summed E-state index contributed by atoms with van der Waals surface area (Å²) in [4.78, 5) is 10.2. The van der Waals surface area contributed by atoms with Gasteiger partial charge in [0.05, 0.1) is 11.5 Å². The monoisotopic (exact) mass is 277 g/mol. The summed E-state index contributed by atoms with van der Waals surface area (Å²) in [6.07, 6.45) is 0. The molecule has 104 valence electrons. The van der Waals surface area contributed by atoms with Gasteiger partial charge < -0.3 is 9.84 Å². The lowest BCUT2D eigenvalue weighted by Gasteiger charge is -2.08. The summed E-state index contributed by atoms with van der Waals surface area (Å²) in [6, 6.07) is 8.15. The Bertz CT molecular complexity index is 658. The van der Waals surface area contributed by atoms with Crippen LogP contribution in [0, 0.1) is 22.9 Å². The quantitative estimate of drug-likeness (QED) is 0.687. The van der Waals surface area contributed by atoms with E-state index < -0.39 is 10.7 Å². The van der Waals surface area contributed by atoms with E-state index in [2.05, 4.69) is 0 Å². The maximum Gasteiger partial charge on any atom is 0.272 e. The van der Waals surface area contributed by atoms with Gasteiger partial charge in [0.25, 0.3) is 5.69 Å². The number of rotatable bonds is 4. The van der Waals surface area contributed by atoms with Gasteiger partial charge in [-0.05, 0) is 36.8 Å². The largest absolute Gasteiger partial charge is 0.457 e. The molecule has 2 aromatic carbocycles. The van der Waals surface area contributed by atoms with Gasteiger partial charge in [-0.15, -0.1) is 0 Å². The van der Waals surface area contributed by atoms with Crippen molar-refractivity contribution in [2.24, 2.45) is 0 Å². The Kier molecular flexibility index (Phi) is 3.95. The first kappa shape index (κ1) is 14.0. The molecular formula is C14H12FNO4. The lowest BCUT2D eigenvalue weighted by Crippen LogP contribution is -1.93. The highest BCUT2D eigenvalue weighted by Gasteiger charge is 2.11. The van der Waals surface area contributed by atoms with Crippen molar-refractivity contribution in [3.8, 4) is 11.5 Å². The van der Waals surface area contributed by atoms with Crippen LogP contribution in [-0.4, -0.2) is 10.0 Å². The van der Waals surface area contributed by atoms with Crippen LogP contribution in [0.1, 0.15) is 11.1 Å². The van der Waals surface area contributed by atoms with Gasteiger partial charge in [-0.25, -0.2) is 4.39 Å². The highest BCUT2D eigenvalue weighted by molar-refractivity contribution is 5.45. The first-order valence-electron chi connectivity index (χ1n) is 5.83. The van der Waals surface area contributed by atoms with Crippen LogP contribution in [0.25, 0.3) is 0 Å². The van der Waals surface area contributed by atoms with Gasteiger partial charge in [0.1, 0.15) is 17.3 Å². The molecule has 20 heavy (non-hydrogen) atoms. The molecule has 0 aliphatic heterocycles. The summed E-state index contributed by atoms with van der Waals surface area (Å²) in [7, 11) is 0. The summed E-state index contributed by atoms with van der Waals surface area (Å²) in [5.41, 5.74) is 0.831. The summed E-state index contributed by atoms with van der Waals surface area (Å²) >= 11 is 0. The van der Waals surface area contributed by atoms with E-state index in [4.69, 9.17) is 9.84 Å². The summed E-state index contributed by atoms with van der Waals surface area (Å²) < 4.78 is 18.7. The molecule has 2 rings (SSSR count). The molecule has 0 aliphatic carbocycles. The lowest BCUT2D eigenvalue weighted by atomic mass is 10.2. The molecule has 0 aliphatic rings. The first-order valence-corrected chi connectivity index (χ1v) is 5.83. The van der Waals surface area contributed by atoms with Crippen molar-refractivity contribution in [2.75, 3.05) is 0 Å². The second-order valence-electron chi connectivity index (χ2n) is 4.26. The molecule has 0 saturated heterocycles. The molecule has 0 bridgehead atoms. The minimum atomic E-state index is -0.523. The number of hydrogen-bond donors (Lipinski definition) is 1. The molecule has 0 atom stereocenters. The van der Waals surface area contributed by atoms with E-state index in [0.29, 0.717) is 16.9 Å².